The molecule has 3 rings (SSSR count). The van der Waals surface area contributed by atoms with E-state index in [1.165, 1.54) is 11.2 Å². The molecule has 2 aliphatic rings. The number of rotatable bonds is 8. The summed E-state index contributed by atoms with van der Waals surface area (Å²) < 4.78 is 4.96. The lowest BCUT2D eigenvalue weighted by Gasteiger charge is -2.20. The van der Waals surface area contributed by atoms with Crippen LogP contribution in [0.1, 0.15) is 49.1 Å². The molecular weight excluding hydrogens is 352 g/mol. The predicted octanol–water partition coefficient (Wildman–Crippen LogP) is 0.770. The first-order valence-corrected chi connectivity index (χ1v) is 9.24. The lowest BCUT2D eigenvalue weighted by atomic mass is 9.98. The van der Waals surface area contributed by atoms with Gasteiger partial charge in [0.05, 0.1) is 6.26 Å². The van der Waals surface area contributed by atoms with Gasteiger partial charge < -0.3 is 20.4 Å². The monoisotopic (exact) mass is 376 g/mol. The van der Waals surface area contributed by atoms with Crippen LogP contribution in [-0.2, 0) is 9.59 Å². The van der Waals surface area contributed by atoms with E-state index in [1.54, 1.807) is 12.1 Å². The highest BCUT2D eigenvalue weighted by Gasteiger charge is 2.51. The van der Waals surface area contributed by atoms with Crippen LogP contribution in [0.4, 0.5) is 4.79 Å². The van der Waals surface area contributed by atoms with E-state index >= 15 is 0 Å². The van der Waals surface area contributed by atoms with E-state index in [9.17, 15) is 19.2 Å². The predicted molar refractivity (Wildman–Crippen MR) is 94.7 cm³/mol. The minimum atomic E-state index is -0.688. The minimum absolute atomic E-state index is 0.138. The molecule has 3 N–H and O–H groups in total. The molecular formula is C18H24N4O5. The highest BCUT2D eigenvalue weighted by molar-refractivity contribution is 6.07. The second-order valence-corrected chi connectivity index (χ2v) is 6.86. The molecule has 146 valence electrons. The summed E-state index contributed by atoms with van der Waals surface area (Å²) in [6, 6.07) is 2.82. The molecule has 9 nitrogen and oxygen atoms in total. The molecule has 0 radical (unpaired) electrons. The number of nitrogens with one attached hydrogen (secondary N) is 3. The number of carbonyl (C=O) groups is 4. The molecule has 27 heavy (non-hydrogen) atoms. The molecule has 0 unspecified atom stereocenters. The first-order valence-electron chi connectivity index (χ1n) is 9.24. The number of urea groups is 1. The highest BCUT2D eigenvalue weighted by Crippen LogP contribution is 2.34. The zero-order valence-electron chi connectivity index (χ0n) is 15.1. The van der Waals surface area contributed by atoms with Crippen LogP contribution in [0.3, 0.4) is 0 Å². The van der Waals surface area contributed by atoms with Crippen LogP contribution in [0.2, 0.25) is 0 Å². The maximum absolute atomic E-state index is 12.5. The minimum Gasteiger partial charge on any atom is -0.459 e. The topological polar surface area (TPSA) is 121 Å². The number of carbonyl (C=O) groups excluding carboxylic acids is 4. The van der Waals surface area contributed by atoms with Crippen LogP contribution in [0.25, 0.3) is 0 Å². The highest BCUT2D eigenvalue weighted by atomic mass is 16.3. The third-order valence-corrected chi connectivity index (χ3v) is 4.97. The van der Waals surface area contributed by atoms with Crippen molar-refractivity contribution in [2.75, 3.05) is 19.6 Å². The van der Waals surface area contributed by atoms with Crippen molar-refractivity contribution < 1.29 is 23.6 Å². The van der Waals surface area contributed by atoms with Crippen molar-refractivity contribution in [2.45, 2.75) is 44.1 Å². The van der Waals surface area contributed by atoms with Gasteiger partial charge in [0.25, 0.3) is 11.8 Å². The summed E-state index contributed by atoms with van der Waals surface area (Å²) in [7, 11) is 0. The van der Waals surface area contributed by atoms with E-state index in [4.69, 9.17) is 4.42 Å². The number of hydrogen-bond acceptors (Lipinski definition) is 5. The van der Waals surface area contributed by atoms with Gasteiger partial charge in [0, 0.05) is 26.1 Å². The molecule has 1 spiro atoms. The van der Waals surface area contributed by atoms with Gasteiger partial charge in [-0.25, -0.2) is 4.79 Å². The maximum atomic E-state index is 12.5. The number of amides is 5. The Morgan fingerprint density at radius 1 is 1.19 bits per heavy atom. The van der Waals surface area contributed by atoms with Crippen molar-refractivity contribution in [3.05, 3.63) is 24.2 Å². The van der Waals surface area contributed by atoms with Gasteiger partial charge in [-0.2, -0.15) is 0 Å². The molecule has 1 aromatic heterocycles. The summed E-state index contributed by atoms with van der Waals surface area (Å²) in [5.41, 5.74) is -0.688. The molecule has 1 saturated carbocycles. The summed E-state index contributed by atoms with van der Waals surface area (Å²) in [6.07, 6.45) is 5.34. The molecule has 1 aromatic rings. The Hall–Kier alpha value is -2.84. The molecule has 1 saturated heterocycles. The molecule has 5 amide bonds. The number of hydrogen-bond donors (Lipinski definition) is 3. The molecule has 9 heteroatoms. The van der Waals surface area contributed by atoms with Crippen molar-refractivity contribution >= 4 is 23.8 Å². The molecule has 2 fully saturated rings. The second-order valence-electron chi connectivity index (χ2n) is 6.86. The first-order chi connectivity index (χ1) is 13.0. The van der Waals surface area contributed by atoms with Gasteiger partial charge in [0.15, 0.2) is 5.76 Å². The van der Waals surface area contributed by atoms with Crippen LogP contribution in [-0.4, -0.2) is 53.8 Å². The SMILES string of the molecule is O=C(CCNC(=O)c1ccco1)NCCCN1C(=O)NC2(CCCC2)C1=O. The number of imide groups is 1. The lowest BCUT2D eigenvalue weighted by molar-refractivity contribution is -0.131. The summed E-state index contributed by atoms with van der Waals surface area (Å²) in [5, 5.41) is 8.14. The lowest BCUT2D eigenvalue weighted by Crippen LogP contribution is -2.44. The fraction of sp³-hybridized carbons (Fsp3) is 0.556. The Bertz CT molecular complexity index is 709. The zero-order chi connectivity index (χ0) is 19.3. The van der Waals surface area contributed by atoms with Crippen LogP contribution in [0.5, 0.6) is 0 Å². The van der Waals surface area contributed by atoms with Crippen molar-refractivity contribution in [3.63, 3.8) is 0 Å². The molecule has 1 aliphatic heterocycles. The summed E-state index contributed by atoms with van der Waals surface area (Å²) in [5.74, 6) is -0.521. The Morgan fingerprint density at radius 2 is 1.96 bits per heavy atom. The van der Waals surface area contributed by atoms with Gasteiger partial charge in [-0.15, -0.1) is 0 Å². The van der Waals surface area contributed by atoms with Gasteiger partial charge >= 0.3 is 6.03 Å². The molecule has 1 aliphatic carbocycles. The number of nitrogens with zero attached hydrogens (tertiary/aromatic N) is 1. The third-order valence-electron chi connectivity index (χ3n) is 4.97. The third kappa shape index (κ3) is 4.29. The van der Waals surface area contributed by atoms with Crippen LogP contribution >= 0.6 is 0 Å². The van der Waals surface area contributed by atoms with Gasteiger partial charge in [0.1, 0.15) is 5.54 Å². The van der Waals surface area contributed by atoms with Gasteiger partial charge in [0.2, 0.25) is 5.91 Å². The second kappa shape index (κ2) is 8.24. The fourth-order valence-electron chi connectivity index (χ4n) is 3.53. The van der Waals surface area contributed by atoms with Crippen molar-refractivity contribution in [3.8, 4) is 0 Å². The summed E-state index contributed by atoms with van der Waals surface area (Å²) >= 11 is 0. The van der Waals surface area contributed by atoms with Crippen LogP contribution in [0.15, 0.2) is 22.8 Å². The smallest absolute Gasteiger partial charge is 0.325 e. The fourth-order valence-corrected chi connectivity index (χ4v) is 3.53. The van der Waals surface area contributed by atoms with Crippen molar-refractivity contribution in [1.29, 1.82) is 0 Å². The Morgan fingerprint density at radius 3 is 2.67 bits per heavy atom. The standard InChI is InChI=1S/C18H24N4O5/c23-14(6-10-20-15(24)13-5-3-12-27-13)19-9-4-11-22-16(25)18(21-17(22)26)7-1-2-8-18/h3,5,12H,1-2,4,6-11H2,(H,19,23)(H,20,24)(H,21,26). The average molecular weight is 376 g/mol. The van der Waals surface area contributed by atoms with E-state index in [0.29, 0.717) is 25.8 Å². The van der Waals surface area contributed by atoms with Gasteiger partial charge in [-0.1, -0.05) is 12.8 Å². The zero-order valence-corrected chi connectivity index (χ0v) is 15.1. The van der Waals surface area contributed by atoms with Crippen molar-refractivity contribution in [2.24, 2.45) is 0 Å². The molecule has 0 atom stereocenters. The Balaban J connectivity index is 1.31. The average Bonchev–Trinajstić information content (AvgIpc) is 3.37. The Labute approximate surface area is 156 Å². The van der Waals surface area contributed by atoms with Crippen LogP contribution < -0.4 is 16.0 Å². The van der Waals surface area contributed by atoms with E-state index in [2.05, 4.69) is 16.0 Å². The summed E-state index contributed by atoms with van der Waals surface area (Å²) in [4.78, 5) is 49.2. The Kier molecular flexibility index (Phi) is 5.78. The maximum Gasteiger partial charge on any atom is 0.325 e. The van der Waals surface area contributed by atoms with Crippen molar-refractivity contribution in [1.82, 2.24) is 20.9 Å². The number of furan rings is 1. The quantitative estimate of drug-likeness (QED) is 0.457. The van der Waals surface area contributed by atoms with E-state index in [1.807, 2.05) is 0 Å². The normalized spacial score (nSPS) is 18.0. The largest absolute Gasteiger partial charge is 0.459 e. The molecule has 0 bridgehead atoms. The summed E-state index contributed by atoms with van der Waals surface area (Å²) in [6.45, 7) is 0.831. The van der Waals surface area contributed by atoms with E-state index < -0.39 is 5.54 Å². The van der Waals surface area contributed by atoms with Crippen LogP contribution in [0, 0.1) is 0 Å². The van der Waals surface area contributed by atoms with E-state index in [-0.39, 0.29) is 49.0 Å². The first kappa shape index (κ1) is 18.9. The molecule has 2 heterocycles. The van der Waals surface area contributed by atoms with Gasteiger partial charge in [-0.05, 0) is 31.4 Å². The van der Waals surface area contributed by atoms with Gasteiger partial charge in [-0.3, -0.25) is 19.3 Å². The molecule has 0 aromatic carbocycles. The van der Waals surface area contributed by atoms with E-state index in [0.717, 1.165) is 12.8 Å².